The lowest BCUT2D eigenvalue weighted by atomic mass is 9.89. The number of carboxylic acid groups (broad SMARTS) is 1. The molecule has 0 bridgehead atoms. The Morgan fingerprint density at radius 3 is 2.24 bits per heavy atom. The second-order valence-corrected chi connectivity index (χ2v) is 10.1. The van der Waals surface area contributed by atoms with Gasteiger partial charge in [0.15, 0.2) is 0 Å². The third kappa shape index (κ3) is 5.24. The molecule has 0 saturated heterocycles. The van der Waals surface area contributed by atoms with E-state index in [9.17, 15) is 14.4 Å². The zero-order chi connectivity index (χ0) is 24.3. The van der Waals surface area contributed by atoms with Gasteiger partial charge in [0.05, 0.1) is 12.3 Å². The fourth-order valence-corrected chi connectivity index (χ4v) is 5.17. The molecule has 2 aromatic rings. The lowest BCUT2D eigenvalue weighted by Crippen LogP contribution is -2.46. The summed E-state index contributed by atoms with van der Waals surface area (Å²) in [6.07, 6.45) is 1.68. The molecule has 0 radical (unpaired) electrons. The lowest BCUT2D eigenvalue weighted by molar-refractivity contribution is -0.139. The second-order valence-electron chi connectivity index (χ2n) is 10.1. The van der Waals surface area contributed by atoms with Crippen molar-refractivity contribution in [3.8, 4) is 11.1 Å². The normalized spacial score (nSPS) is 19.2. The molecule has 2 aliphatic carbocycles. The van der Waals surface area contributed by atoms with Gasteiger partial charge in [-0.1, -0.05) is 68.8 Å². The first-order valence-corrected chi connectivity index (χ1v) is 11.9. The monoisotopic (exact) mass is 464 g/mol. The molecule has 1 fully saturated rings. The number of amides is 2. The summed E-state index contributed by atoms with van der Waals surface area (Å²) in [6.45, 7) is 4.12. The minimum atomic E-state index is -0.894. The number of hydrogen-bond acceptors (Lipinski definition) is 4. The van der Waals surface area contributed by atoms with Crippen LogP contribution in [0.4, 0.5) is 4.79 Å². The van der Waals surface area contributed by atoms with E-state index >= 15 is 0 Å². The van der Waals surface area contributed by atoms with Crippen molar-refractivity contribution in [1.82, 2.24) is 10.6 Å². The number of nitrogens with one attached hydrogen (secondary N) is 2. The van der Waals surface area contributed by atoms with Gasteiger partial charge in [0.1, 0.15) is 6.61 Å². The zero-order valence-electron chi connectivity index (χ0n) is 19.7. The highest BCUT2D eigenvalue weighted by Crippen LogP contribution is 2.44. The van der Waals surface area contributed by atoms with Gasteiger partial charge in [0.2, 0.25) is 5.91 Å². The van der Waals surface area contributed by atoms with Crippen LogP contribution in [-0.2, 0) is 14.3 Å². The first-order valence-electron chi connectivity index (χ1n) is 11.9. The fourth-order valence-electron chi connectivity index (χ4n) is 5.17. The van der Waals surface area contributed by atoms with Crippen molar-refractivity contribution < 1.29 is 24.2 Å². The molecule has 0 aliphatic heterocycles. The number of aliphatic carboxylic acids is 1. The molecule has 0 aromatic heterocycles. The van der Waals surface area contributed by atoms with Gasteiger partial charge < -0.3 is 20.5 Å². The highest BCUT2D eigenvalue weighted by Gasteiger charge is 2.36. The Morgan fingerprint density at radius 1 is 1.00 bits per heavy atom. The van der Waals surface area contributed by atoms with E-state index in [2.05, 4.69) is 34.9 Å². The summed E-state index contributed by atoms with van der Waals surface area (Å²) in [4.78, 5) is 36.4. The summed E-state index contributed by atoms with van der Waals surface area (Å²) in [5.74, 6) is -1.41. The van der Waals surface area contributed by atoms with Gasteiger partial charge in [-0.25, -0.2) is 4.79 Å². The molecule has 0 heterocycles. The summed E-state index contributed by atoms with van der Waals surface area (Å²) in [5, 5.41) is 14.8. The van der Waals surface area contributed by atoms with Crippen LogP contribution in [-0.4, -0.2) is 42.3 Å². The predicted octanol–water partition coefficient (Wildman–Crippen LogP) is 4.31. The maximum Gasteiger partial charge on any atom is 0.407 e. The highest BCUT2D eigenvalue weighted by molar-refractivity contribution is 5.81. The molecule has 2 aliphatic rings. The van der Waals surface area contributed by atoms with Crippen molar-refractivity contribution in [2.75, 3.05) is 13.2 Å². The summed E-state index contributed by atoms with van der Waals surface area (Å²) in [5.41, 5.74) is 4.10. The highest BCUT2D eigenvalue weighted by atomic mass is 16.5. The predicted molar refractivity (Wildman–Crippen MR) is 128 cm³/mol. The Morgan fingerprint density at radius 2 is 1.62 bits per heavy atom. The smallest absolute Gasteiger partial charge is 0.407 e. The molecule has 7 heteroatoms. The molecular weight excluding hydrogens is 432 g/mol. The van der Waals surface area contributed by atoms with Gasteiger partial charge in [-0.3, -0.25) is 9.59 Å². The van der Waals surface area contributed by atoms with Gasteiger partial charge in [0.25, 0.3) is 0 Å². The minimum Gasteiger partial charge on any atom is -0.481 e. The first kappa shape index (κ1) is 23.8. The van der Waals surface area contributed by atoms with E-state index in [4.69, 9.17) is 9.84 Å². The van der Waals surface area contributed by atoms with E-state index < -0.39 is 17.5 Å². The molecule has 7 nitrogen and oxygen atoms in total. The second kappa shape index (κ2) is 9.87. The number of ether oxygens (including phenoxy) is 1. The Bertz CT molecular complexity index is 1030. The van der Waals surface area contributed by atoms with E-state index in [1.807, 2.05) is 38.1 Å². The van der Waals surface area contributed by atoms with Crippen LogP contribution in [0.25, 0.3) is 11.1 Å². The maximum atomic E-state index is 12.8. The molecule has 0 unspecified atom stereocenters. The average Bonchev–Trinajstić information content (AvgIpc) is 3.38. The Balaban J connectivity index is 1.32. The molecule has 2 aromatic carbocycles. The summed E-state index contributed by atoms with van der Waals surface area (Å²) >= 11 is 0. The van der Waals surface area contributed by atoms with Gasteiger partial charge in [-0.2, -0.15) is 0 Å². The van der Waals surface area contributed by atoms with E-state index in [0.29, 0.717) is 12.8 Å². The Kier molecular flexibility index (Phi) is 6.91. The molecule has 2 atom stereocenters. The van der Waals surface area contributed by atoms with Crippen molar-refractivity contribution in [3.05, 3.63) is 59.7 Å². The van der Waals surface area contributed by atoms with Crippen LogP contribution in [0.15, 0.2) is 48.5 Å². The molecule has 180 valence electrons. The number of fused-ring (bicyclic) bond motifs is 3. The number of rotatable bonds is 8. The molecule has 4 rings (SSSR count). The van der Waals surface area contributed by atoms with Gasteiger partial charge in [-0.05, 0) is 40.5 Å². The molecule has 0 spiro atoms. The number of hydrogen-bond donors (Lipinski definition) is 3. The van der Waals surface area contributed by atoms with Crippen LogP contribution < -0.4 is 10.6 Å². The summed E-state index contributed by atoms with van der Waals surface area (Å²) in [7, 11) is 0. The van der Waals surface area contributed by atoms with E-state index in [-0.39, 0.29) is 43.4 Å². The zero-order valence-corrected chi connectivity index (χ0v) is 19.7. The fraction of sp³-hybridized carbons (Fsp3) is 0.444. The number of alkyl carbamates (subject to hydrolysis) is 1. The molecule has 1 saturated carbocycles. The Labute approximate surface area is 199 Å². The molecular formula is C27H32N2O5. The standard InChI is InChI=1S/C27H32N2O5/c1-27(2,14-24(30)31)16-28-25(32)21-12-7-13-23(21)29-26(33)34-15-22-19-10-5-3-8-17(19)18-9-4-6-11-20(18)22/h3-6,8-11,21-23H,7,12-16H2,1-2H3,(H,28,32)(H,29,33)(H,30,31)/t21-,23+/m1/s1. The first-order chi connectivity index (χ1) is 16.2. The van der Waals surface area contributed by atoms with Gasteiger partial charge in [0, 0.05) is 18.5 Å². The van der Waals surface area contributed by atoms with E-state index in [1.54, 1.807) is 0 Å². The van der Waals surface area contributed by atoms with Gasteiger partial charge >= 0.3 is 12.1 Å². The quantitative estimate of drug-likeness (QED) is 0.540. The van der Waals surface area contributed by atoms with E-state index in [1.165, 1.54) is 11.1 Å². The number of carboxylic acids is 1. The molecule has 2 amide bonds. The van der Waals surface area contributed by atoms with Crippen molar-refractivity contribution in [2.45, 2.75) is 51.5 Å². The summed E-state index contributed by atoms with van der Waals surface area (Å²) < 4.78 is 5.64. The van der Waals surface area contributed by atoms with Crippen molar-refractivity contribution in [1.29, 1.82) is 0 Å². The number of carbonyl (C=O) groups excluding carboxylic acids is 2. The van der Waals surface area contributed by atoms with Crippen molar-refractivity contribution >= 4 is 18.0 Å². The SMILES string of the molecule is CC(C)(CNC(=O)[C@@H]1CCC[C@@H]1NC(=O)OCC1c2ccccc2-c2ccccc21)CC(=O)O. The van der Waals surface area contributed by atoms with Crippen LogP contribution in [0.2, 0.25) is 0 Å². The van der Waals surface area contributed by atoms with Crippen LogP contribution in [0.1, 0.15) is 56.6 Å². The van der Waals surface area contributed by atoms with Crippen LogP contribution in [0.3, 0.4) is 0 Å². The third-order valence-electron chi connectivity index (χ3n) is 6.87. The largest absolute Gasteiger partial charge is 0.481 e. The minimum absolute atomic E-state index is 0.0164. The van der Waals surface area contributed by atoms with E-state index in [0.717, 1.165) is 17.5 Å². The van der Waals surface area contributed by atoms with Crippen molar-refractivity contribution in [3.63, 3.8) is 0 Å². The maximum absolute atomic E-state index is 12.8. The Hall–Kier alpha value is -3.35. The number of benzene rings is 2. The third-order valence-corrected chi connectivity index (χ3v) is 6.87. The van der Waals surface area contributed by atoms with Crippen LogP contribution in [0.5, 0.6) is 0 Å². The van der Waals surface area contributed by atoms with Crippen LogP contribution >= 0.6 is 0 Å². The lowest BCUT2D eigenvalue weighted by Gasteiger charge is -2.26. The van der Waals surface area contributed by atoms with Gasteiger partial charge in [-0.15, -0.1) is 0 Å². The topological polar surface area (TPSA) is 105 Å². The molecule has 34 heavy (non-hydrogen) atoms. The van der Waals surface area contributed by atoms with Crippen LogP contribution in [0, 0.1) is 11.3 Å². The summed E-state index contributed by atoms with van der Waals surface area (Å²) in [6, 6.07) is 16.1. The van der Waals surface area contributed by atoms with Crippen molar-refractivity contribution in [2.24, 2.45) is 11.3 Å². The average molecular weight is 465 g/mol. The molecule has 3 N–H and O–H groups in total. The number of carbonyl (C=O) groups is 3.